The smallest absolute Gasteiger partial charge is 0.139 e. The minimum Gasteiger partial charge on any atom is -0.387 e. The highest BCUT2D eigenvalue weighted by Gasteiger charge is 2.18. The summed E-state index contributed by atoms with van der Waals surface area (Å²) < 4.78 is 7.51. The molecule has 0 radical (unpaired) electrons. The molecule has 2 N–H and O–H groups in total. The van der Waals surface area contributed by atoms with Crippen molar-refractivity contribution in [1.29, 1.82) is 0 Å². The first-order valence-corrected chi connectivity index (χ1v) is 8.04. The molecule has 0 aromatic carbocycles. The van der Waals surface area contributed by atoms with Gasteiger partial charge in [-0.2, -0.15) is 5.10 Å². The van der Waals surface area contributed by atoms with Gasteiger partial charge in [0.25, 0.3) is 0 Å². The lowest BCUT2D eigenvalue weighted by Gasteiger charge is -2.22. The molecule has 4 rings (SSSR count). The maximum Gasteiger partial charge on any atom is 0.139 e. The van der Waals surface area contributed by atoms with Gasteiger partial charge in [0.2, 0.25) is 0 Å². The normalized spacial score (nSPS) is 16.1. The van der Waals surface area contributed by atoms with E-state index in [1.165, 1.54) is 5.56 Å². The maximum absolute atomic E-state index is 5.44. The maximum atomic E-state index is 5.44. The van der Waals surface area contributed by atoms with Gasteiger partial charge in [0.1, 0.15) is 5.65 Å². The highest BCUT2D eigenvalue weighted by molar-refractivity contribution is 5.99. The van der Waals surface area contributed by atoms with E-state index in [4.69, 9.17) is 4.74 Å². The Hall–Kier alpha value is -2.34. The first-order chi connectivity index (χ1) is 11.3. The number of H-pyrrole nitrogens is 1. The minimum atomic E-state index is 0.432. The lowest BCUT2D eigenvalue weighted by Crippen LogP contribution is -2.19. The van der Waals surface area contributed by atoms with Gasteiger partial charge < -0.3 is 15.0 Å². The molecule has 3 aromatic heterocycles. The third-order valence-electron chi connectivity index (χ3n) is 4.63. The summed E-state index contributed by atoms with van der Waals surface area (Å²) in [6, 6.07) is 0.432. The minimum absolute atomic E-state index is 0.432. The zero-order valence-corrected chi connectivity index (χ0v) is 13.5. The Morgan fingerprint density at radius 3 is 2.91 bits per heavy atom. The lowest BCUT2D eigenvalue weighted by molar-refractivity contribution is 0.0662. The molecule has 6 nitrogen and oxygen atoms in total. The monoisotopic (exact) mass is 311 g/mol. The molecule has 1 saturated heterocycles. The molecule has 1 aliphatic rings. The third kappa shape index (κ3) is 2.39. The molecule has 1 aliphatic heterocycles. The number of hydrogen-bond acceptors (Lipinski definition) is 4. The van der Waals surface area contributed by atoms with Crippen LogP contribution in [0.2, 0.25) is 0 Å². The molecule has 120 valence electrons. The number of rotatable bonds is 3. The van der Waals surface area contributed by atoms with Gasteiger partial charge >= 0.3 is 0 Å². The van der Waals surface area contributed by atoms with E-state index in [1.807, 2.05) is 25.6 Å². The summed E-state index contributed by atoms with van der Waals surface area (Å²) in [7, 11) is 1.95. The van der Waals surface area contributed by atoms with Crippen molar-refractivity contribution < 1.29 is 4.74 Å². The Labute approximate surface area is 134 Å². The predicted octanol–water partition coefficient (Wildman–Crippen LogP) is 3.13. The molecule has 0 bridgehead atoms. The van der Waals surface area contributed by atoms with E-state index in [0.717, 1.165) is 53.9 Å². The molecule has 23 heavy (non-hydrogen) atoms. The molecule has 4 heterocycles. The van der Waals surface area contributed by atoms with Gasteiger partial charge in [0.05, 0.1) is 17.9 Å². The summed E-state index contributed by atoms with van der Waals surface area (Å²) in [4.78, 5) is 7.77. The van der Waals surface area contributed by atoms with Crippen molar-refractivity contribution in [3.05, 3.63) is 30.4 Å². The van der Waals surface area contributed by atoms with Gasteiger partial charge in [-0.15, -0.1) is 0 Å². The molecular weight excluding hydrogens is 290 g/mol. The fourth-order valence-corrected chi connectivity index (χ4v) is 3.36. The van der Waals surface area contributed by atoms with Gasteiger partial charge in [-0.3, -0.25) is 4.68 Å². The van der Waals surface area contributed by atoms with E-state index in [9.17, 15) is 0 Å². The van der Waals surface area contributed by atoms with Crippen LogP contribution in [0.1, 0.15) is 24.4 Å². The first kappa shape index (κ1) is 14.3. The van der Waals surface area contributed by atoms with Crippen LogP contribution in [0.15, 0.2) is 24.8 Å². The van der Waals surface area contributed by atoms with E-state index >= 15 is 0 Å². The van der Waals surface area contributed by atoms with Crippen LogP contribution >= 0.6 is 0 Å². The molecule has 0 atom stereocenters. The molecule has 0 amide bonds. The first-order valence-electron chi connectivity index (χ1n) is 8.04. The number of aromatic nitrogens is 4. The summed E-state index contributed by atoms with van der Waals surface area (Å²) in [5.41, 5.74) is 5.38. The summed E-state index contributed by atoms with van der Waals surface area (Å²) in [6.45, 7) is 3.73. The number of nitrogens with zero attached hydrogens (tertiary/aromatic N) is 3. The Balaban J connectivity index is 1.77. The van der Waals surface area contributed by atoms with Crippen molar-refractivity contribution in [3.63, 3.8) is 0 Å². The fourth-order valence-electron chi connectivity index (χ4n) is 3.36. The SMILES string of the molecule is CNc1c(-c2cnn(C3CCOCC3)c2)cnc2[nH]cc(C)c12. The lowest BCUT2D eigenvalue weighted by atomic mass is 10.1. The highest BCUT2D eigenvalue weighted by atomic mass is 16.5. The zero-order valence-electron chi connectivity index (χ0n) is 13.5. The van der Waals surface area contributed by atoms with E-state index in [-0.39, 0.29) is 0 Å². The summed E-state index contributed by atoms with van der Waals surface area (Å²) >= 11 is 0. The Morgan fingerprint density at radius 2 is 2.13 bits per heavy atom. The molecule has 0 unspecified atom stereocenters. The van der Waals surface area contributed by atoms with Gasteiger partial charge in [-0.05, 0) is 25.3 Å². The number of anilines is 1. The number of fused-ring (bicyclic) bond motifs is 1. The number of pyridine rings is 1. The van der Waals surface area contributed by atoms with Crippen LogP contribution in [0.5, 0.6) is 0 Å². The molecular formula is C17H21N5O. The van der Waals surface area contributed by atoms with Crippen molar-refractivity contribution >= 4 is 16.7 Å². The average molecular weight is 311 g/mol. The van der Waals surface area contributed by atoms with Crippen LogP contribution in [-0.4, -0.2) is 40.0 Å². The van der Waals surface area contributed by atoms with Crippen molar-refractivity contribution in [2.45, 2.75) is 25.8 Å². The van der Waals surface area contributed by atoms with Crippen molar-refractivity contribution in [3.8, 4) is 11.1 Å². The standard InChI is InChI=1S/C17H21N5O/c1-11-7-19-17-15(11)16(18-2)14(9-20-17)12-8-21-22(10-12)13-3-5-23-6-4-13/h7-10,13H,3-6H2,1-2H3,(H2,18,19,20). The number of aromatic amines is 1. The Bertz CT molecular complexity index is 829. The van der Waals surface area contributed by atoms with Crippen LogP contribution in [-0.2, 0) is 4.74 Å². The number of aryl methyl sites for hydroxylation is 1. The second-order valence-electron chi connectivity index (χ2n) is 6.04. The molecule has 1 fully saturated rings. The highest BCUT2D eigenvalue weighted by Crippen LogP contribution is 2.35. The molecule has 0 spiro atoms. The Kier molecular flexibility index (Phi) is 3.53. The van der Waals surface area contributed by atoms with Gasteiger partial charge in [0.15, 0.2) is 0 Å². The second kappa shape index (κ2) is 5.70. The topological polar surface area (TPSA) is 67.8 Å². The predicted molar refractivity (Wildman–Crippen MR) is 90.7 cm³/mol. The van der Waals surface area contributed by atoms with Crippen LogP contribution in [0.3, 0.4) is 0 Å². The van der Waals surface area contributed by atoms with Crippen molar-refractivity contribution in [2.24, 2.45) is 0 Å². The Morgan fingerprint density at radius 1 is 1.30 bits per heavy atom. The van der Waals surface area contributed by atoms with E-state index in [1.54, 1.807) is 0 Å². The quantitative estimate of drug-likeness (QED) is 0.780. The molecule has 0 aliphatic carbocycles. The summed E-state index contributed by atoms with van der Waals surface area (Å²) in [5.74, 6) is 0. The van der Waals surface area contributed by atoms with Crippen LogP contribution in [0.25, 0.3) is 22.2 Å². The zero-order chi connectivity index (χ0) is 15.8. The van der Waals surface area contributed by atoms with Crippen LogP contribution in [0, 0.1) is 6.92 Å². The summed E-state index contributed by atoms with van der Waals surface area (Å²) in [5, 5.41) is 9.06. The van der Waals surface area contributed by atoms with Crippen molar-refractivity contribution in [2.75, 3.05) is 25.6 Å². The fraction of sp³-hybridized carbons (Fsp3) is 0.412. The summed E-state index contributed by atoms with van der Waals surface area (Å²) in [6.07, 6.45) is 10.0. The number of hydrogen-bond donors (Lipinski definition) is 2. The van der Waals surface area contributed by atoms with Crippen molar-refractivity contribution in [1.82, 2.24) is 19.7 Å². The van der Waals surface area contributed by atoms with Gasteiger partial charge in [-0.25, -0.2) is 4.98 Å². The average Bonchev–Trinajstić information content (AvgIpc) is 3.22. The van der Waals surface area contributed by atoms with Gasteiger partial charge in [0, 0.05) is 55.4 Å². The second-order valence-corrected chi connectivity index (χ2v) is 6.04. The van der Waals surface area contributed by atoms with E-state index in [0.29, 0.717) is 6.04 Å². The third-order valence-corrected chi connectivity index (χ3v) is 4.63. The number of nitrogens with one attached hydrogen (secondary N) is 2. The molecule has 3 aromatic rings. The van der Waals surface area contributed by atoms with Crippen LogP contribution < -0.4 is 5.32 Å². The van der Waals surface area contributed by atoms with E-state index < -0.39 is 0 Å². The molecule has 0 saturated carbocycles. The number of ether oxygens (including phenoxy) is 1. The van der Waals surface area contributed by atoms with E-state index in [2.05, 4.69) is 38.2 Å². The van der Waals surface area contributed by atoms with Gasteiger partial charge in [-0.1, -0.05) is 0 Å². The largest absolute Gasteiger partial charge is 0.387 e. The molecule has 6 heteroatoms. The van der Waals surface area contributed by atoms with Crippen LogP contribution in [0.4, 0.5) is 5.69 Å².